The SMILES string of the molecule is COc1ccc(CC(=O)O[C@@H](CC=C(C)C)/C(C)=C/CCc2ccoc2)cc1. The van der Waals surface area contributed by atoms with Crippen molar-refractivity contribution in [2.24, 2.45) is 0 Å². The first-order valence-electron chi connectivity index (χ1n) is 9.61. The van der Waals surface area contributed by atoms with Gasteiger partial charge >= 0.3 is 5.97 Å². The van der Waals surface area contributed by atoms with Crippen molar-refractivity contribution in [3.8, 4) is 5.75 Å². The van der Waals surface area contributed by atoms with Gasteiger partial charge in [0.15, 0.2) is 0 Å². The van der Waals surface area contributed by atoms with Crippen LogP contribution in [0, 0.1) is 0 Å². The molecule has 4 heteroatoms. The highest BCUT2D eigenvalue weighted by Gasteiger charge is 2.16. The molecule has 4 nitrogen and oxygen atoms in total. The van der Waals surface area contributed by atoms with Crippen LogP contribution in [-0.2, 0) is 22.4 Å². The summed E-state index contributed by atoms with van der Waals surface area (Å²) >= 11 is 0. The van der Waals surface area contributed by atoms with Crippen LogP contribution in [0.15, 0.2) is 70.6 Å². The summed E-state index contributed by atoms with van der Waals surface area (Å²) in [6.07, 6.45) is 10.2. The number of methoxy groups -OCH3 is 1. The van der Waals surface area contributed by atoms with Gasteiger partial charge in [0.05, 0.1) is 26.1 Å². The van der Waals surface area contributed by atoms with Gasteiger partial charge in [0.2, 0.25) is 0 Å². The highest BCUT2D eigenvalue weighted by atomic mass is 16.5. The Kier molecular flexibility index (Phi) is 8.60. The molecule has 0 spiro atoms. The summed E-state index contributed by atoms with van der Waals surface area (Å²) in [5.74, 6) is 0.551. The van der Waals surface area contributed by atoms with Gasteiger partial charge in [-0.2, -0.15) is 0 Å². The van der Waals surface area contributed by atoms with Crippen molar-refractivity contribution in [3.63, 3.8) is 0 Å². The molecule has 0 saturated carbocycles. The van der Waals surface area contributed by atoms with Crippen LogP contribution in [0.25, 0.3) is 0 Å². The van der Waals surface area contributed by atoms with Gasteiger partial charge in [0.1, 0.15) is 11.9 Å². The van der Waals surface area contributed by atoms with E-state index in [-0.39, 0.29) is 18.5 Å². The third kappa shape index (κ3) is 7.47. The van der Waals surface area contributed by atoms with Gasteiger partial charge in [0, 0.05) is 6.42 Å². The third-order valence-corrected chi connectivity index (χ3v) is 4.51. The van der Waals surface area contributed by atoms with E-state index < -0.39 is 0 Å². The van der Waals surface area contributed by atoms with E-state index in [0.29, 0.717) is 6.42 Å². The van der Waals surface area contributed by atoms with Crippen molar-refractivity contribution in [2.45, 2.75) is 52.6 Å². The van der Waals surface area contributed by atoms with E-state index in [1.54, 1.807) is 19.6 Å². The molecule has 0 N–H and O–H groups in total. The summed E-state index contributed by atoms with van der Waals surface area (Å²) in [5.41, 5.74) is 4.36. The number of rotatable bonds is 10. The predicted molar refractivity (Wildman–Crippen MR) is 111 cm³/mol. The normalized spacial score (nSPS) is 12.4. The summed E-state index contributed by atoms with van der Waals surface area (Å²) in [6.45, 7) is 6.13. The molecule has 2 aromatic rings. The van der Waals surface area contributed by atoms with Crippen molar-refractivity contribution in [1.82, 2.24) is 0 Å². The monoisotopic (exact) mass is 382 g/mol. The van der Waals surface area contributed by atoms with Crippen LogP contribution in [0.1, 0.15) is 44.7 Å². The highest BCUT2D eigenvalue weighted by Crippen LogP contribution is 2.17. The van der Waals surface area contributed by atoms with Gasteiger partial charge in [-0.3, -0.25) is 4.79 Å². The van der Waals surface area contributed by atoms with Gasteiger partial charge in [-0.25, -0.2) is 0 Å². The second-order valence-corrected chi connectivity index (χ2v) is 7.14. The fraction of sp³-hybridized carbons (Fsp3) is 0.375. The minimum atomic E-state index is -0.245. The number of carbonyl (C=O) groups excluding carboxylic acids is 1. The number of hydrogen-bond donors (Lipinski definition) is 0. The third-order valence-electron chi connectivity index (χ3n) is 4.51. The molecule has 1 aromatic carbocycles. The maximum Gasteiger partial charge on any atom is 0.310 e. The van der Waals surface area contributed by atoms with Crippen LogP contribution >= 0.6 is 0 Å². The number of allylic oxidation sites excluding steroid dienone is 2. The van der Waals surface area contributed by atoms with E-state index in [4.69, 9.17) is 13.9 Å². The van der Waals surface area contributed by atoms with E-state index in [9.17, 15) is 4.79 Å². The van der Waals surface area contributed by atoms with E-state index in [2.05, 4.69) is 12.2 Å². The standard InChI is InChI=1S/C24H30O4/c1-18(2)8-13-23(19(3)6-5-7-21-14-15-27-17-21)28-24(25)16-20-9-11-22(26-4)12-10-20/h6,8-12,14-15,17,23H,5,7,13,16H2,1-4H3/b19-6+/t23-/m0/s1. The minimum absolute atomic E-state index is 0.222. The van der Waals surface area contributed by atoms with E-state index >= 15 is 0 Å². The molecular formula is C24H30O4. The zero-order chi connectivity index (χ0) is 20.4. The number of hydrogen-bond acceptors (Lipinski definition) is 4. The number of aryl methyl sites for hydroxylation is 1. The Balaban J connectivity index is 1.97. The highest BCUT2D eigenvalue weighted by molar-refractivity contribution is 5.73. The van der Waals surface area contributed by atoms with Crippen molar-refractivity contribution < 1.29 is 18.7 Å². The first-order valence-corrected chi connectivity index (χ1v) is 9.61. The zero-order valence-corrected chi connectivity index (χ0v) is 17.2. The number of carbonyl (C=O) groups is 1. The lowest BCUT2D eigenvalue weighted by Crippen LogP contribution is -2.20. The Hall–Kier alpha value is -2.75. The van der Waals surface area contributed by atoms with Crippen molar-refractivity contribution in [2.75, 3.05) is 7.11 Å². The van der Waals surface area contributed by atoms with Gasteiger partial charge in [-0.1, -0.05) is 29.9 Å². The lowest BCUT2D eigenvalue weighted by Gasteiger charge is -2.18. The molecule has 0 aliphatic heterocycles. The number of furan rings is 1. The molecule has 0 aliphatic carbocycles. The molecule has 0 saturated heterocycles. The van der Waals surface area contributed by atoms with Gasteiger partial charge in [0.25, 0.3) is 0 Å². The van der Waals surface area contributed by atoms with Gasteiger partial charge in [-0.05, 0) is 68.5 Å². The average molecular weight is 383 g/mol. The van der Waals surface area contributed by atoms with Gasteiger partial charge in [-0.15, -0.1) is 0 Å². The van der Waals surface area contributed by atoms with Crippen LogP contribution in [0.5, 0.6) is 5.75 Å². The zero-order valence-electron chi connectivity index (χ0n) is 17.2. The quantitative estimate of drug-likeness (QED) is 0.392. The second-order valence-electron chi connectivity index (χ2n) is 7.14. The fourth-order valence-electron chi connectivity index (χ4n) is 2.81. The molecule has 0 unspecified atom stereocenters. The minimum Gasteiger partial charge on any atom is -0.497 e. The maximum atomic E-state index is 12.5. The topological polar surface area (TPSA) is 48.7 Å². The molecule has 1 heterocycles. The Morgan fingerprint density at radius 2 is 1.82 bits per heavy atom. The van der Waals surface area contributed by atoms with E-state index in [1.807, 2.05) is 51.1 Å². The summed E-state index contributed by atoms with van der Waals surface area (Å²) in [4.78, 5) is 12.5. The number of ether oxygens (including phenoxy) is 2. The molecule has 1 atom stereocenters. The van der Waals surface area contributed by atoms with Crippen LogP contribution in [-0.4, -0.2) is 19.2 Å². The first kappa shape index (κ1) is 21.5. The van der Waals surface area contributed by atoms with Crippen molar-refractivity contribution in [1.29, 1.82) is 0 Å². The lowest BCUT2D eigenvalue weighted by molar-refractivity contribution is -0.146. The molecule has 1 aromatic heterocycles. The van der Waals surface area contributed by atoms with Crippen LogP contribution in [0.3, 0.4) is 0 Å². The summed E-state index contributed by atoms with van der Waals surface area (Å²) in [5, 5.41) is 0. The Morgan fingerprint density at radius 3 is 2.43 bits per heavy atom. The summed E-state index contributed by atoms with van der Waals surface area (Å²) in [7, 11) is 1.62. The molecular weight excluding hydrogens is 352 g/mol. The Labute approximate surface area is 167 Å². The van der Waals surface area contributed by atoms with Crippen molar-refractivity contribution in [3.05, 3.63) is 77.3 Å². The maximum absolute atomic E-state index is 12.5. The van der Waals surface area contributed by atoms with Crippen LogP contribution < -0.4 is 4.74 Å². The molecule has 0 radical (unpaired) electrons. The van der Waals surface area contributed by atoms with E-state index in [0.717, 1.165) is 29.7 Å². The van der Waals surface area contributed by atoms with Crippen LogP contribution in [0.2, 0.25) is 0 Å². The molecule has 0 aliphatic rings. The largest absolute Gasteiger partial charge is 0.497 e. The first-order chi connectivity index (χ1) is 13.5. The van der Waals surface area contributed by atoms with Crippen LogP contribution in [0.4, 0.5) is 0 Å². The van der Waals surface area contributed by atoms with Gasteiger partial charge < -0.3 is 13.9 Å². The summed E-state index contributed by atoms with van der Waals surface area (Å²) in [6, 6.07) is 9.45. The molecule has 28 heavy (non-hydrogen) atoms. The molecule has 150 valence electrons. The predicted octanol–water partition coefficient (Wildman–Crippen LogP) is 5.68. The fourth-order valence-corrected chi connectivity index (χ4v) is 2.81. The number of esters is 1. The molecule has 0 bridgehead atoms. The summed E-state index contributed by atoms with van der Waals surface area (Å²) < 4.78 is 16.1. The Morgan fingerprint density at radius 1 is 1.07 bits per heavy atom. The Bertz CT molecular complexity index is 779. The smallest absolute Gasteiger partial charge is 0.310 e. The van der Waals surface area contributed by atoms with E-state index in [1.165, 1.54) is 11.1 Å². The average Bonchev–Trinajstić information content (AvgIpc) is 3.19. The second kappa shape index (κ2) is 11.2. The number of benzene rings is 1. The van der Waals surface area contributed by atoms with Crippen molar-refractivity contribution >= 4 is 5.97 Å². The molecule has 0 amide bonds. The molecule has 0 fully saturated rings. The molecule has 2 rings (SSSR count). The lowest BCUT2D eigenvalue weighted by atomic mass is 10.0.